The SMILES string of the molecule is CC(C)c1nc(CN2C[C@@H]3NCCO[C@H]3C2)co1.Cl.Cl. The van der Waals surface area contributed by atoms with Gasteiger partial charge >= 0.3 is 0 Å². The molecule has 116 valence electrons. The van der Waals surface area contributed by atoms with Gasteiger partial charge in [-0.2, -0.15) is 0 Å². The van der Waals surface area contributed by atoms with Crippen LogP contribution in [0.1, 0.15) is 31.4 Å². The van der Waals surface area contributed by atoms with E-state index in [1.54, 1.807) is 6.26 Å². The number of hydrogen-bond donors (Lipinski definition) is 1. The van der Waals surface area contributed by atoms with Gasteiger partial charge in [-0.25, -0.2) is 4.98 Å². The molecule has 2 aliphatic rings. The quantitative estimate of drug-likeness (QED) is 0.919. The van der Waals surface area contributed by atoms with E-state index in [0.29, 0.717) is 18.1 Å². The lowest BCUT2D eigenvalue weighted by Crippen LogP contribution is -2.47. The monoisotopic (exact) mass is 323 g/mol. The fourth-order valence-electron chi connectivity index (χ4n) is 2.69. The molecule has 3 rings (SSSR count). The van der Waals surface area contributed by atoms with Gasteiger partial charge in [-0.3, -0.25) is 4.90 Å². The van der Waals surface area contributed by atoms with E-state index >= 15 is 0 Å². The van der Waals surface area contributed by atoms with Crippen molar-refractivity contribution in [1.82, 2.24) is 15.2 Å². The fraction of sp³-hybridized carbons (Fsp3) is 0.769. The molecule has 3 heterocycles. The summed E-state index contributed by atoms with van der Waals surface area (Å²) < 4.78 is 11.2. The molecule has 5 nitrogen and oxygen atoms in total. The Morgan fingerprint density at radius 1 is 1.40 bits per heavy atom. The van der Waals surface area contributed by atoms with Crippen molar-refractivity contribution in [3.05, 3.63) is 17.8 Å². The van der Waals surface area contributed by atoms with E-state index in [2.05, 4.69) is 29.0 Å². The normalized spacial score (nSPS) is 25.9. The fourth-order valence-corrected chi connectivity index (χ4v) is 2.69. The summed E-state index contributed by atoms with van der Waals surface area (Å²) in [5.41, 5.74) is 1.03. The number of ether oxygens (including phenoxy) is 1. The predicted molar refractivity (Wildman–Crippen MR) is 81.9 cm³/mol. The summed E-state index contributed by atoms with van der Waals surface area (Å²) in [6.07, 6.45) is 2.13. The number of fused-ring (bicyclic) bond motifs is 1. The number of aromatic nitrogens is 1. The zero-order valence-electron chi connectivity index (χ0n) is 11.9. The molecule has 0 saturated carbocycles. The third-order valence-electron chi connectivity index (χ3n) is 3.63. The first-order chi connectivity index (χ1) is 8.72. The summed E-state index contributed by atoms with van der Waals surface area (Å²) in [5, 5.41) is 3.51. The molecule has 7 heteroatoms. The minimum absolute atomic E-state index is 0. The number of halogens is 2. The van der Waals surface area contributed by atoms with Crippen molar-refractivity contribution in [3.63, 3.8) is 0 Å². The van der Waals surface area contributed by atoms with Gasteiger partial charge in [0.1, 0.15) is 6.26 Å². The number of rotatable bonds is 3. The first kappa shape index (κ1) is 17.7. The highest BCUT2D eigenvalue weighted by Crippen LogP contribution is 2.20. The number of likely N-dealkylation sites (tertiary alicyclic amines) is 1. The number of oxazole rings is 1. The molecular formula is C13H23Cl2N3O2. The third kappa shape index (κ3) is 3.86. The average Bonchev–Trinajstić information content (AvgIpc) is 2.94. The smallest absolute Gasteiger partial charge is 0.196 e. The Labute approximate surface area is 132 Å². The minimum Gasteiger partial charge on any atom is -0.448 e. The number of nitrogens with one attached hydrogen (secondary N) is 1. The highest BCUT2D eigenvalue weighted by molar-refractivity contribution is 5.85. The molecule has 0 bridgehead atoms. The first-order valence-corrected chi connectivity index (χ1v) is 6.74. The van der Waals surface area contributed by atoms with E-state index in [1.165, 1.54) is 0 Å². The van der Waals surface area contributed by atoms with Gasteiger partial charge in [-0.15, -0.1) is 24.8 Å². The molecule has 0 spiro atoms. The van der Waals surface area contributed by atoms with Crippen LogP contribution in [0.25, 0.3) is 0 Å². The number of hydrogen-bond acceptors (Lipinski definition) is 5. The van der Waals surface area contributed by atoms with Crippen molar-refractivity contribution in [2.45, 2.75) is 38.5 Å². The molecule has 1 aromatic rings. The van der Waals surface area contributed by atoms with Crippen LogP contribution in [-0.4, -0.2) is 48.3 Å². The minimum atomic E-state index is 0. The van der Waals surface area contributed by atoms with E-state index in [1.807, 2.05) is 0 Å². The first-order valence-electron chi connectivity index (χ1n) is 6.74. The Hall–Kier alpha value is -0.330. The van der Waals surface area contributed by atoms with E-state index in [0.717, 1.165) is 44.4 Å². The van der Waals surface area contributed by atoms with Crippen molar-refractivity contribution >= 4 is 24.8 Å². The molecule has 0 aromatic carbocycles. The van der Waals surface area contributed by atoms with E-state index in [4.69, 9.17) is 9.15 Å². The number of morpholine rings is 1. The van der Waals surface area contributed by atoms with Gasteiger partial charge in [0, 0.05) is 38.1 Å². The largest absolute Gasteiger partial charge is 0.448 e. The van der Waals surface area contributed by atoms with Crippen molar-refractivity contribution in [1.29, 1.82) is 0 Å². The molecular weight excluding hydrogens is 301 g/mol. The second kappa shape index (κ2) is 7.61. The van der Waals surface area contributed by atoms with Gasteiger partial charge in [-0.05, 0) is 0 Å². The lowest BCUT2D eigenvalue weighted by atomic mass is 10.2. The second-order valence-corrected chi connectivity index (χ2v) is 5.50. The lowest BCUT2D eigenvalue weighted by molar-refractivity contribution is 0.0175. The van der Waals surface area contributed by atoms with Crippen molar-refractivity contribution < 1.29 is 9.15 Å². The van der Waals surface area contributed by atoms with Gasteiger partial charge in [0.25, 0.3) is 0 Å². The van der Waals surface area contributed by atoms with Gasteiger partial charge < -0.3 is 14.5 Å². The van der Waals surface area contributed by atoms with Gasteiger partial charge in [0.15, 0.2) is 5.89 Å². The van der Waals surface area contributed by atoms with Crippen LogP contribution < -0.4 is 5.32 Å². The molecule has 2 fully saturated rings. The van der Waals surface area contributed by atoms with Crippen LogP contribution >= 0.6 is 24.8 Å². The zero-order valence-corrected chi connectivity index (χ0v) is 13.5. The van der Waals surface area contributed by atoms with Crippen LogP contribution in [0, 0.1) is 0 Å². The maximum absolute atomic E-state index is 5.77. The molecule has 2 atom stereocenters. The second-order valence-electron chi connectivity index (χ2n) is 5.50. The average molecular weight is 324 g/mol. The van der Waals surface area contributed by atoms with E-state index in [9.17, 15) is 0 Å². The van der Waals surface area contributed by atoms with Gasteiger partial charge in [-0.1, -0.05) is 13.8 Å². The molecule has 0 amide bonds. The summed E-state index contributed by atoms with van der Waals surface area (Å²) in [5.74, 6) is 1.18. The van der Waals surface area contributed by atoms with Crippen LogP contribution in [0.15, 0.2) is 10.7 Å². The molecule has 2 saturated heterocycles. The van der Waals surface area contributed by atoms with Crippen LogP contribution in [-0.2, 0) is 11.3 Å². The van der Waals surface area contributed by atoms with Crippen LogP contribution in [0.3, 0.4) is 0 Å². The van der Waals surface area contributed by atoms with Gasteiger partial charge in [0.05, 0.1) is 18.4 Å². The molecule has 0 radical (unpaired) electrons. The Balaban J connectivity index is 0.000001000. The zero-order chi connectivity index (χ0) is 12.5. The van der Waals surface area contributed by atoms with Gasteiger partial charge in [0.2, 0.25) is 0 Å². The highest BCUT2D eigenvalue weighted by Gasteiger charge is 2.35. The number of nitrogens with zero attached hydrogens (tertiary/aromatic N) is 2. The Morgan fingerprint density at radius 3 is 2.85 bits per heavy atom. The van der Waals surface area contributed by atoms with E-state index < -0.39 is 0 Å². The maximum atomic E-state index is 5.77. The van der Waals surface area contributed by atoms with Crippen LogP contribution in [0.2, 0.25) is 0 Å². The summed E-state index contributed by atoms with van der Waals surface area (Å²) in [7, 11) is 0. The summed E-state index contributed by atoms with van der Waals surface area (Å²) in [6.45, 7) is 8.87. The van der Waals surface area contributed by atoms with Crippen LogP contribution in [0.4, 0.5) is 0 Å². The Morgan fingerprint density at radius 2 is 2.20 bits per heavy atom. The molecule has 2 aliphatic heterocycles. The topological polar surface area (TPSA) is 50.5 Å². The summed E-state index contributed by atoms with van der Waals surface area (Å²) in [4.78, 5) is 6.91. The summed E-state index contributed by atoms with van der Waals surface area (Å²) >= 11 is 0. The molecule has 1 N–H and O–H groups in total. The maximum Gasteiger partial charge on any atom is 0.196 e. The summed E-state index contributed by atoms with van der Waals surface area (Å²) in [6, 6.07) is 0.482. The molecule has 20 heavy (non-hydrogen) atoms. The molecule has 0 aliphatic carbocycles. The van der Waals surface area contributed by atoms with Crippen molar-refractivity contribution in [2.24, 2.45) is 0 Å². The lowest BCUT2D eigenvalue weighted by Gasteiger charge is -2.25. The standard InChI is InChI=1S/C13H21N3O2.2ClH/c1-9(2)13-15-10(8-18-13)5-16-6-11-12(7-16)17-4-3-14-11;;/h8-9,11-12,14H,3-7H2,1-2H3;2*1H/t11-,12-;;/m0../s1. The van der Waals surface area contributed by atoms with Crippen LogP contribution in [0.5, 0.6) is 0 Å². The molecule has 1 aromatic heterocycles. The molecule has 0 unspecified atom stereocenters. The Kier molecular flexibility index (Phi) is 6.75. The van der Waals surface area contributed by atoms with Crippen molar-refractivity contribution in [2.75, 3.05) is 26.2 Å². The predicted octanol–water partition coefficient (Wildman–Crippen LogP) is 1.81. The Bertz CT molecular complexity index is 400. The highest BCUT2D eigenvalue weighted by atomic mass is 35.5. The third-order valence-corrected chi connectivity index (χ3v) is 3.63. The van der Waals surface area contributed by atoms with E-state index in [-0.39, 0.29) is 24.8 Å². The van der Waals surface area contributed by atoms with Crippen molar-refractivity contribution in [3.8, 4) is 0 Å².